The summed E-state index contributed by atoms with van der Waals surface area (Å²) in [6, 6.07) is 6.86. The topological polar surface area (TPSA) is 38.0 Å². The molecule has 0 aliphatic rings. The van der Waals surface area contributed by atoms with Gasteiger partial charge < -0.3 is 11.1 Å². The van der Waals surface area contributed by atoms with Gasteiger partial charge in [0.15, 0.2) is 0 Å². The van der Waals surface area contributed by atoms with Crippen LogP contribution in [0.25, 0.3) is 0 Å². The van der Waals surface area contributed by atoms with E-state index < -0.39 is 5.82 Å². The SMILES string of the molecule is Cc1ccsc1CNc1ccc(C(N)=S)c(F)c1. The first-order chi connectivity index (χ1) is 8.58. The first-order valence-corrected chi connectivity index (χ1v) is 6.73. The quantitative estimate of drug-likeness (QED) is 0.843. The fraction of sp³-hybridized carbons (Fsp3) is 0.154. The highest BCUT2D eigenvalue weighted by molar-refractivity contribution is 7.80. The van der Waals surface area contributed by atoms with Gasteiger partial charge in [-0.2, -0.15) is 0 Å². The largest absolute Gasteiger partial charge is 0.389 e. The molecule has 18 heavy (non-hydrogen) atoms. The van der Waals surface area contributed by atoms with Crippen molar-refractivity contribution in [3.8, 4) is 0 Å². The number of thiocarbonyl (C=S) groups is 1. The standard InChI is InChI=1S/C13H13FN2S2/c1-8-4-5-18-12(8)7-16-9-2-3-10(13(15)17)11(14)6-9/h2-6,16H,7H2,1H3,(H2,15,17). The Labute approximate surface area is 115 Å². The van der Waals surface area contributed by atoms with E-state index in [9.17, 15) is 4.39 Å². The van der Waals surface area contributed by atoms with Gasteiger partial charge in [-0.1, -0.05) is 12.2 Å². The van der Waals surface area contributed by atoms with Crippen LogP contribution in [0.3, 0.4) is 0 Å². The molecule has 0 spiro atoms. The third-order valence-electron chi connectivity index (χ3n) is 2.66. The van der Waals surface area contributed by atoms with Gasteiger partial charge in [-0.05, 0) is 42.1 Å². The highest BCUT2D eigenvalue weighted by Gasteiger charge is 2.06. The van der Waals surface area contributed by atoms with Crippen molar-refractivity contribution in [3.05, 3.63) is 51.5 Å². The first-order valence-electron chi connectivity index (χ1n) is 5.44. The molecule has 5 heteroatoms. The van der Waals surface area contributed by atoms with Crippen LogP contribution in [0, 0.1) is 12.7 Å². The summed E-state index contributed by atoms with van der Waals surface area (Å²) in [6.07, 6.45) is 0. The normalized spacial score (nSPS) is 10.3. The number of anilines is 1. The molecule has 0 atom stereocenters. The fourth-order valence-electron chi connectivity index (χ4n) is 1.59. The van der Waals surface area contributed by atoms with E-state index in [1.165, 1.54) is 16.5 Å². The Kier molecular flexibility index (Phi) is 3.93. The molecular weight excluding hydrogens is 267 g/mol. The van der Waals surface area contributed by atoms with E-state index in [1.54, 1.807) is 23.5 Å². The van der Waals surface area contributed by atoms with Crippen molar-refractivity contribution in [1.29, 1.82) is 0 Å². The third-order valence-corrected chi connectivity index (χ3v) is 3.90. The number of halogens is 1. The number of thiophene rings is 1. The van der Waals surface area contributed by atoms with Crippen LogP contribution in [-0.4, -0.2) is 4.99 Å². The second kappa shape index (κ2) is 5.46. The van der Waals surface area contributed by atoms with Gasteiger partial charge in [-0.3, -0.25) is 0 Å². The van der Waals surface area contributed by atoms with E-state index in [1.807, 2.05) is 5.38 Å². The van der Waals surface area contributed by atoms with Crippen LogP contribution < -0.4 is 11.1 Å². The maximum Gasteiger partial charge on any atom is 0.135 e. The lowest BCUT2D eigenvalue weighted by Gasteiger charge is -2.08. The molecule has 0 amide bonds. The second-order valence-electron chi connectivity index (χ2n) is 3.94. The van der Waals surface area contributed by atoms with Gasteiger partial charge in [0, 0.05) is 22.7 Å². The molecule has 0 saturated heterocycles. The second-order valence-corrected chi connectivity index (χ2v) is 5.38. The number of benzene rings is 1. The molecule has 2 nitrogen and oxygen atoms in total. The highest BCUT2D eigenvalue weighted by Crippen LogP contribution is 2.19. The maximum atomic E-state index is 13.6. The van der Waals surface area contributed by atoms with Gasteiger partial charge in [0.25, 0.3) is 0 Å². The van der Waals surface area contributed by atoms with Crippen LogP contribution >= 0.6 is 23.6 Å². The number of rotatable bonds is 4. The molecule has 2 rings (SSSR count). The molecule has 2 aromatic rings. The number of nitrogens with one attached hydrogen (secondary N) is 1. The summed E-state index contributed by atoms with van der Waals surface area (Å²) in [4.78, 5) is 1.32. The smallest absolute Gasteiger partial charge is 0.135 e. The molecule has 0 radical (unpaired) electrons. The van der Waals surface area contributed by atoms with Gasteiger partial charge in [-0.15, -0.1) is 11.3 Å². The lowest BCUT2D eigenvalue weighted by Crippen LogP contribution is -2.12. The van der Waals surface area contributed by atoms with Gasteiger partial charge in [-0.25, -0.2) is 4.39 Å². The third kappa shape index (κ3) is 2.86. The molecule has 0 aliphatic carbocycles. The van der Waals surface area contributed by atoms with Crippen LogP contribution in [0.2, 0.25) is 0 Å². The van der Waals surface area contributed by atoms with Crippen molar-refractivity contribution in [1.82, 2.24) is 0 Å². The molecule has 94 valence electrons. The van der Waals surface area contributed by atoms with Crippen LogP contribution in [-0.2, 0) is 6.54 Å². The average molecular weight is 280 g/mol. The molecule has 1 aromatic heterocycles. The summed E-state index contributed by atoms with van der Waals surface area (Å²) in [6.45, 7) is 2.75. The van der Waals surface area contributed by atoms with Crippen molar-refractivity contribution >= 4 is 34.2 Å². The summed E-state index contributed by atoms with van der Waals surface area (Å²) in [7, 11) is 0. The Morgan fingerprint density at radius 1 is 1.44 bits per heavy atom. The maximum absolute atomic E-state index is 13.6. The molecule has 0 saturated carbocycles. The molecule has 0 fully saturated rings. The zero-order valence-electron chi connectivity index (χ0n) is 9.87. The van der Waals surface area contributed by atoms with E-state index in [4.69, 9.17) is 18.0 Å². The van der Waals surface area contributed by atoms with E-state index in [2.05, 4.69) is 18.3 Å². The summed E-state index contributed by atoms with van der Waals surface area (Å²) >= 11 is 6.44. The van der Waals surface area contributed by atoms with Crippen LogP contribution in [0.5, 0.6) is 0 Å². The highest BCUT2D eigenvalue weighted by atomic mass is 32.1. The van der Waals surface area contributed by atoms with Crippen LogP contribution in [0.4, 0.5) is 10.1 Å². The van der Waals surface area contributed by atoms with Crippen molar-refractivity contribution in [2.45, 2.75) is 13.5 Å². The van der Waals surface area contributed by atoms with Gasteiger partial charge in [0.05, 0.1) is 0 Å². The van der Waals surface area contributed by atoms with Gasteiger partial charge >= 0.3 is 0 Å². The zero-order chi connectivity index (χ0) is 13.1. The molecule has 0 unspecified atom stereocenters. The monoisotopic (exact) mass is 280 g/mol. The zero-order valence-corrected chi connectivity index (χ0v) is 11.5. The number of hydrogen-bond donors (Lipinski definition) is 2. The average Bonchev–Trinajstić information content (AvgIpc) is 2.72. The Hall–Kier alpha value is -1.46. The Morgan fingerprint density at radius 2 is 2.22 bits per heavy atom. The van der Waals surface area contributed by atoms with E-state index >= 15 is 0 Å². The lowest BCUT2D eigenvalue weighted by molar-refractivity contribution is 0.626. The van der Waals surface area contributed by atoms with Crippen LogP contribution in [0.15, 0.2) is 29.6 Å². The minimum absolute atomic E-state index is 0.0770. The number of hydrogen-bond acceptors (Lipinski definition) is 3. The molecule has 3 N–H and O–H groups in total. The van der Waals surface area contributed by atoms with Crippen molar-refractivity contribution in [2.75, 3.05) is 5.32 Å². The van der Waals surface area contributed by atoms with E-state index in [0.717, 1.165) is 5.69 Å². The molecular formula is C13H13FN2S2. The summed E-state index contributed by atoms with van der Waals surface area (Å²) in [5.41, 5.74) is 7.65. The summed E-state index contributed by atoms with van der Waals surface area (Å²) in [5, 5.41) is 5.23. The molecule has 0 bridgehead atoms. The Bertz CT molecular complexity index is 578. The van der Waals surface area contributed by atoms with Gasteiger partial charge in [0.1, 0.15) is 10.8 Å². The fourth-order valence-corrected chi connectivity index (χ4v) is 2.60. The molecule has 1 heterocycles. The number of aryl methyl sites for hydroxylation is 1. The van der Waals surface area contributed by atoms with Crippen molar-refractivity contribution in [2.24, 2.45) is 5.73 Å². The number of nitrogens with two attached hydrogens (primary N) is 1. The minimum atomic E-state index is -0.393. The Balaban J connectivity index is 2.09. The van der Waals surface area contributed by atoms with E-state index in [0.29, 0.717) is 6.54 Å². The van der Waals surface area contributed by atoms with Crippen LogP contribution in [0.1, 0.15) is 16.0 Å². The van der Waals surface area contributed by atoms with E-state index in [-0.39, 0.29) is 10.6 Å². The van der Waals surface area contributed by atoms with Gasteiger partial charge in [0.2, 0.25) is 0 Å². The van der Waals surface area contributed by atoms with Crippen molar-refractivity contribution < 1.29 is 4.39 Å². The summed E-state index contributed by atoms with van der Waals surface area (Å²) in [5.74, 6) is -0.393. The predicted molar refractivity (Wildman–Crippen MR) is 78.7 cm³/mol. The molecule has 0 aliphatic heterocycles. The van der Waals surface area contributed by atoms with Crippen molar-refractivity contribution in [3.63, 3.8) is 0 Å². The lowest BCUT2D eigenvalue weighted by atomic mass is 10.2. The predicted octanol–water partition coefficient (Wildman–Crippen LogP) is 3.44. The summed E-state index contributed by atoms with van der Waals surface area (Å²) < 4.78 is 13.6. The minimum Gasteiger partial charge on any atom is -0.389 e. The Morgan fingerprint density at radius 3 is 2.78 bits per heavy atom. The first kappa shape index (κ1) is 13.0. The molecule has 1 aromatic carbocycles.